The van der Waals surface area contributed by atoms with Gasteiger partial charge in [0.05, 0.1) is 5.69 Å². The molecule has 2 rings (SSSR count). The van der Waals surface area contributed by atoms with Crippen molar-refractivity contribution in [2.24, 2.45) is 0 Å². The summed E-state index contributed by atoms with van der Waals surface area (Å²) in [4.78, 5) is 1.98. The van der Waals surface area contributed by atoms with Gasteiger partial charge in [-0.1, -0.05) is 44.0 Å². The van der Waals surface area contributed by atoms with E-state index in [0.29, 0.717) is 12.2 Å². The Hall–Kier alpha value is -0.870. The summed E-state index contributed by atoms with van der Waals surface area (Å²) in [7, 11) is 0. The van der Waals surface area contributed by atoms with Crippen molar-refractivity contribution in [3.8, 4) is 0 Å². The standard InChI is InChI=1S/C15H14Br2FN/c1-2-19(15-6-4-3-5-13(15)18)14-8-7-12(17)9-11(14)10-16/h3-9H,2,10H2,1H3. The minimum absolute atomic E-state index is 0.201. The molecule has 0 heterocycles. The fourth-order valence-corrected chi connectivity index (χ4v) is 2.92. The van der Waals surface area contributed by atoms with Crippen LogP contribution in [0, 0.1) is 5.82 Å². The van der Waals surface area contributed by atoms with Gasteiger partial charge in [0.25, 0.3) is 0 Å². The van der Waals surface area contributed by atoms with Gasteiger partial charge in [-0.15, -0.1) is 0 Å². The molecule has 0 aromatic heterocycles. The van der Waals surface area contributed by atoms with Crippen molar-refractivity contribution < 1.29 is 4.39 Å². The van der Waals surface area contributed by atoms with Gasteiger partial charge in [0.2, 0.25) is 0 Å². The predicted molar refractivity (Wildman–Crippen MR) is 85.9 cm³/mol. The minimum atomic E-state index is -0.201. The van der Waals surface area contributed by atoms with E-state index in [4.69, 9.17) is 0 Å². The molecule has 0 radical (unpaired) electrons. The Balaban J connectivity index is 2.51. The summed E-state index contributed by atoms with van der Waals surface area (Å²) in [5.74, 6) is -0.201. The maximum atomic E-state index is 14.0. The molecular weight excluding hydrogens is 373 g/mol. The molecule has 0 unspecified atom stereocenters. The van der Waals surface area contributed by atoms with Crippen LogP contribution in [0.2, 0.25) is 0 Å². The molecular formula is C15H14Br2FN. The van der Waals surface area contributed by atoms with E-state index < -0.39 is 0 Å². The first-order chi connectivity index (χ1) is 9.17. The van der Waals surface area contributed by atoms with Gasteiger partial charge in [-0.2, -0.15) is 0 Å². The smallest absolute Gasteiger partial charge is 0.146 e. The van der Waals surface area contributed by atoms with Crippen molar-refractivity contribution in [1.29, 1.82) is 0 Å². The number of rotatable bonds is 4. The van der Waals surface area contributed by atoms with E-state index in [0.717, 1.165) is 21.1 Å². The van der Waals surface area contributed by atoms with Crippen LogP contribution in [0.3, 0.4) is 0 Å². The zero-order valence-corrected chi connectivity index (χ0v) is 13.7. The fourth-order valence-electron chi connectivity index (χ4n) is 2.07. The average Bonchev–Trinajstić information content (AvgIpc) is 2.43. The van der Waals surface area contributed by atoms with Gasteiger partial charge in [-0.25, -0.2) is 4.39 Å². The summed E-state index contributed by atoms with van der Waals surface area (Å²) in [5.41, 5.74) is 2.75. The van der Waals surface area contributed by atoms with Crippen molar-refractivity contribution in [3.63, 3.8) is 0 Å². The van der Waals surface area contributed by atoms with E-state index in [1.165, 1.54) is 6.07 Å². The van der Waals surface area contributed by atoms with Crippen LogP contribution in [0.5, 0.6) is 0 Å². The third-order valence-electron chi connectivity index (χ3n) is 2.94. The topological polar surface area (TPSA) is 3.24 Å². The van der Waals surface area contributed by atoms with Crippen molar-refractivity contribution in [2.45, 2.75) is 12.3 Å². The first kappa shape index (κ1) is 14.5. The Morgan fingerprint density at radius 1 is 1.11 bits per heavy atom. The Morgan fingerprint density at radius 3 is 2.47 bits per heavy atom. The molecule has 4 heteroatoms. The summed E-state index contributed by atoms with van der Waals surface area (Å²) in [6.07, 6.45) is 0. The average molecular weight is 387 g/mol. The maximum Gasteiger partial charge on any atom is 0.146 e. The highest BCUT2D eigenvalue weighted by Gasteiger charge is 2.14. The molecule has 0 atom stereocenters. The Bertz CT molecular complexity index is 572. The van der Waals surface area contributed by atoms with Gasteiger partial charge in [0.15, 0.2) is 0 Å². The van der Waals surface area contributed by atoms with E-state index in [-0.39, 0.29) is 5.82 Å². The molecule has 1 nitrogen and oxygen atoms in total. The summed E-state index contributed by atoms with van der Waals surface area (Å²) >= 11 is 6.96. The molecule has 0 bridgehead atoms. The summed E-state index contributed by atoms with van der Waals surface area (Å²) in [5, 5.41) is 0.729. The minimum Gasteiger partial charge on any atom is -0.339 e. The number of hydrogen-bond acceptors (Lipinski definition) is 1. The van der Waals surface area contributed by atoms with Gasteiger partial charge in [-0.05, 0) is 42.8 Å². The van der Waals surface area contributed by atoms with Crippen LogP contribution >= 0.6 is 31.9 Å². The van der Waals surface area contributed by atoms with Crippen molar-refractivity contribution in [3.05, 3.63) is 58.3 Å². The highest BCUT2D eigenvalue weighted by Crippen LogP contribution is 2.33. The summed E-state index contributed by atoms with van der Waals surface area (Å²) < 4.78 is 15.0. The lowest BCUT2D eigenvalue weighted by Crippen LogP contribution is -2.18. The molecule has 100 valence electrons. The molecule has 19 heavy (non-hydrogen) atoms. The summed E-state index contributed by atoms with van der Waals surface area (Å²) in [6, 6.07) is 12.9. The van der Waals surface area contributed by atoms with E-state index in [9.17, 15) is 4.39 Å². The second kappa shape index (κ2) is 6.53. The molecule has 0 saturated heterocycles. The lowest BCUT2D eigenvalue weighted by molar-refractivity contribution is 0.625. The van der Waals surface area contributed by atoms with E-state index in [1.807, 2.05) is 36.1 Å². The van der Waals surface area contributed by atoms with Crippen LogP contribution in [0.1, 0.15) is 12.5 Å². The SMILES string of the molecule is CCN(c1ccccc1F)c1ccc(Br)cc1CBr. The second-order valence-corrected chi connectivity index (χ2v) is 5.58. The summed E-state index contributed by atoms with van der Waals surface area (Å²) in [6.45, 7) is 2.73. The monoisotopic (exact) mass is 385 g/mol. The van der Waals surface area contributed by atoms with Gasteiger partial charge in [0.1, 0.15) is 5.82 Å². The zero-order valence-electron chi connectivity index (χ0n) is 10.5. The normalized spacial score (nSPS) is 10.5. The van der Waals surface area contributed by atoms with Crippen LogP contribution in [0.4, 0.5) is 15.8 Å². The predicted octanol–water partition coefficient (Wildman–Crippen LogP) is 5.64. The second-order valence-electron chi connectivity index (χ2n) is 4.10. The number of benzene rings is 2. The molecule has 0 aliphatic heterocycles. The van der Waals surface area contributed by atoms with E-state index in [2.05, 4.69) is 31.9 Å². The van der Waals surface area contributed by atoms with Crippen molar-refractivity contribution in [2.75, 3.05) is 11.4 Å². The molecule has 0 fully saturated rings. The van der Waals surface area contributed by atoms with Gasteiger partial charge < -0.3 is 4.90 Å². The van der Waals surface area contributed by atoms with Crippen LogP contribution in [-0.4, -0.2) is 6.54 Å². The third kappa shape index (κ3) is 3.18. The Morgan fingerprint density at radius 2 is 1.84 bits per heavy atom. The fraction of sp³-hybridized carbons (Fsp3) is 0.200. The number of hydrogen-bond donors (Lipinski definition) is 0. The highest BCUT2D eigenvalue weighted by atomic mass is 79.9. The largest absolute Gasteiger partial charge is 0.339 e. The molecule has 2 aromatic rings. The first-order valence-corrected chi connectivity index (χ1v) is 7.95. The Labute approximate surface area is 129 Å². The molecule has 0 spiro atoms. The number of alkyl halides is 1. The molecule has 0 saturated carbocycles. The van der Waals surface area contributed by atoms with Gasteiger partial charge >= 0.3 is 0 Å². The molecule has 0 N–H and O–H groups in total. The number of nitrogens with zero attached hydrogens (tertiary/aromatic N) is 1. The van der Waals surface area contributed by atoms with Crippen molar-refractivity contribution >= 4 is 43.2 Å². The zero-order chi connectivity index (χ0) is 13.8. The number of para-hydroxylation sites is 1. The van der Waals surface area contributed by atoms with E-state index >= 15 is 0 Å². The van der Waals surface area contributed by atoms with E-state index in [1.54, 1.807) is 12.1 Å². The molecule has 0 amide bonds. The van der Waals surface area contributed by atoms with Crippen LogP contribution < -0.4 is 4.90 Å². The lowest BCUT2D eigenvalue weighted by atomic mass is 10.1. The third-order valence-corrected chi connectivity index (χ3v) is 4.03. The van der Waals surface area contributed by atoms with Crippen LogP contribution in [0.25, 0.3) is 0 Å². The molecule has 2 aromatic carbocycles. The highest BCUT2D eigenvalue weighted by molar-refractivity contribution is 9.10. The number of anilines is 2. The Kier molecular flexibility index (Phi) is 4.99. The molecule has 0 aliphatic carbocycles. The van der Waals surface area contributed by atoms with Crippen LogP contribution in [-0.2, 0) is 5.33 Å². The molecule has 0 aliphatic rings. The van der Waals surface area contributed by atoms with Crippen molar-refractivity contribution in [1.82, 2.24) is 0 Å². The number of halogens is 3. The van der Waals surface area contributed by atoms with Gasteiger partial charge in [0, 0.05) is 22.0 Å². The quantitative estimate of drug-likeness (QED) is 0.614. The lowest BCUT2D eigenvalue weighted by Gasteiger charge is -2.26. The van der Waals surface area contributed by atoms with Gasteiger partial charge in [-0.3, -0.25) is 0 Å². The first-order valence-electron chi connectivity index (χ1n) is 6.03. The van der Waals surface area contributed by atoms with Crippen LogP contribution in [0.15, 0.2) is 46.9 Å². The maximum absolute atomic E-state index is 14.0.